The first kappa shape index (κ1) is 17.9. The zero-order valence-electron chi connectivity index (χ0n) is 12.8. The van der Waals surface area contributed by atoms with Gasteiger partial charge in [-0.15, -0.1) is 0 Å². The first-order chi connectivity index (χ1) is 9.61. The molecule has 0 bridgehead atoms. The molecule has 1 atom stereocenters. The molecule has 1 rings (SSSR count). The van der Waals surface area contributed by atoms with Gasteiger partial charge in [0.05, 0.1) is 4.92 Å². The van der Waals surface area contributed by atoms with E-state index in [0.717, 1.165) is 23.8 Å². The normalized spacial score (nSPS) is 13.7. The molecule has 0 saturated heterocycles. The summed E-state index contributed by atoms with van der Waals surface area (Å²) in [6.07, 6.45) is 0.724. The van der Waals surface area contributed by atoms with Gasteiger partial charge in [-0.05, 0) is 19.3 Å². The van der Waals surface area contributed by atoms with Gasteiger partial charge in [0.2, 0.25) is 0 Å². The van der Waals surface area contributed by atoms with Crippen LogP contribution in [0.2, 0.25) is 0 Å². The molecule has 0 aliphatic rings. The van der Waals surface area contributed by atoms with E-state index in [1.807, 2.05) is 20.8 Å². The molecular weight excluding hydrogens is 314 g/mol. The van der Waals surface area contributed by atoms with Crippen LogP contribution in [0.4, 0.5) is 10.7 Å². The smallest absolute Gasteiger partial charge is 0.304 e. The summed E-state index contributed by atoms with van der Waals surface area (Å²) in [7, 11) is -0.687. The van der Waals surface area contributed by atoms with Crippen molar-refractivity contribution < 1.29 is 13.3 Å². The van der Waals surface area contributed by atoms with E-state index in [9.17, 15) is 18.5 Å². The number of anilines is 1. The van der Waals surface area contributed by atoms with Crippen LogP contribution >= 0.6 is 11.3 Å². The van der Waals surface area contributed by atoms with Gasteiger partial charge in [0.15, 0.2) is 5.00 Å². The van der Waals surface area contributed by atoms with E-state index >= 15 is 0 Å². The fraction of sp³-hybridized carbons (Fsp3) is 0.667. The molecule has 21 heavy (non-hydrogen) atoms. The molecule has 0 aliphatic carbocycles. The lowest BCUT2D eigenvalue weighted by molar-refractivity contribution is -0.383. The third-order valence-electron chi connectivity index (χ3n) is 3.18. The zero-order chi connectivity index (χ0) is 16.4. The van der Waals surface area contributed by atoms with Crippen LogP contribution in [0.25, 0.3) is 0 Å². The molecule has 0 fully saturated rings. The lowest BCUT2D eigenvalue weighted by atomic mass is 10.1. The number of nitro groups is 1. The van der Waals surface area contributed by atoms with Crippen LogP contribution in [0.15, 0.2) is 10.3 Å². The Balaban J connectivity index is 3.16. The van der Waals surface area contributed by atoms with Crippen molar-refractivity contribution in [3.8, 4) is 0 Å². The highest BCUT2D eigenvalue weighted by Crippen LogP contribution is 2.38. The van der Waals surface area contributed by atoms with Crippen molar-refractivity contribution in [3.05, 3.63) is 16.2 Å². The van der Waals surface area contributed by atoms with E-state index in [4.69, 9.17) is 0 Å². The Morgan fingerprint density at radius 1 is 1.43 bits per heavy atom. The second-order valence-corrected chi connectivity index (χ2v) is 8.56. The number of nitrogens with zero attached hydrogens (tertiary/aromatic N) is 2. The Labute approximate surface area is 129 Å². The van der Waals surface area contributed by atoms with Crippen LogP contribution in [0.1, 0.15) is 27.2 Å². The molecule has 0 aromatic carbocycles. The first-order valence-corrected chi connectivity index (χ1v) is 8.80. The molecule has 9 heteroatoms. The fourth-order valence-electron chi connectivity index (χ4n) is 2.01. The summed E-state index contributed by atoms with van der Waals surface area (Å²) in [6, 6.07) is 0.943. The van der Waals surface area contributed by atoms with Crippen molar-refractivity contribution in [2.24, 2.45) is 5.92 Å². The van der Waals surface area contributed by atoms with Gasteiger partial charge >= 0.3 is 5.69 Å². The van der Waals surface area contributed by atoms with Crippen molar-refractivity contribution in [3.63, 3.8) is 0 Å². The average Bonchev–Trinajstić information content (AvgIpc) is 2.81. The van der Waals surface area contributed by atoms with Crippen molar-refractivity contribution in [1.29, 1.82) is 0 Å². The second kappa shape index (κ2) is 6.71. The molecule has 0 aliphatic heterocycles. The van der Waals surface area contributed by atoms with E-state index in [-0.39, 0.29) is 20.9 Å². The Kier molecular flexibility index (Phi) is 5.71. The van der Waals surface area contributed by atoms with Crippen molar-refractivity contribution in [1.82, 2.24) is 4.31 Å². The summed E-state index contributed by atoms with van der Waals surface area (Å²) in [5.74, 6) is 0.364. The minimum absolute atomic E-state index is 0.0170. The number of sulfonamides is 1. The molecule has 120 valence electrons. The topological polar surface area (TPSA) is 92.6 Å². The van der Waals surface area contributed by atoms with E-state index in [2.05, 4.69) is 5.32 Å². The van der Waals surface area contributed by atoms with E-state index in [0.29, 0.717) is 5.92 Å². The van der Waals surface area contributed by atoms with Crippen molar-refractivity contribution in [2.75, 3.05) is 19.4 Å². The highest BCUT2D eigenvalue weighted by molar-refractivity contribution is 7.91. The van der Waals surface area contributed by atoms with Gasteiger partial charge in [-0.25, -0.2) is 8.42 Å². The van der Waals surface area contributed by atoms with Crippen LogP contribution in [-0.4, -0.2) is 37.8 Å². The van der Waals surface area contributed by atoms with E-state index < -0.39 is 14.9 Å². The van der Waals surface area contributed by atoms with Crippen LogP contribution < -0.4 is 5.32 Å². The minimum atomic E-state index is -3.72. The maximum absolute atomic E-state index is 12.5. The molecule has 0 spiro atoms. The molecule has 7 nitrogen and oxygen atoms in total. The highest BCUT2D eigenvalue weighted by Gasteiger charge is 2.31. The predicted molar refractivity (Wildman–Crippen MR) is 84.4 cm³/mol. The van der Waals surface area contributed by atoms with Gasteiger partial charge in [0, 0.05) is 26.2 Å². The van der Waals surface area contributed by atoms with E-state index in [1.54, 1.807) is 0 Å². The van der Waals surface area contributed by atoms with Crippen LogP contribution in [0, 0.1) is 16.0 Å². The Morgan fingerprint density at radius 2 is 2.00 bits per heavy atom. The van der Waals surface area contributed by atoms with Crippen LogP contribution in [0.5, 0.6) is 0 Å². The van der Waals surface area contributed by atoms with Gasteiger partial charge in [0.1, 0.15) is 4.21 Å². The monoisotopic (exact) mass is 335 g/mol. The Hall–Kier alpha value is -1.19. The third kappa shape index (κ3) is 3.92. The van der Waals surface area contributed by atoms with Crippen LogP contribution in [0.3, 0.4) is 0 Å². The Morgan fingerprint density at radius 3 is 2.38 bits per heavy atom. The molecule has 1 aromatic heterocycles. The summed E-state index contributed by atoms with van der Waals surface area (Å²) in [4.78, 5) is 10.3. The summed E-state index contributed by atoms with van der Waals surface area (Å²) in [6.45, 7) is 5.87. The van der Waals surface area contributed by atoms with Crippen molar-refractivity contribution >= 4 is 32.0 Å². The molecule has 0 amide bonds. The summed E-state index contributed by atoms with van der Waals surface area (Å²) >= 11 is 0.877. The van der Waals surface area contributed by atoms with Gasteiger partial charge < -0.3 is 5.32 Å². The number of rotatable bonds is 7. The lowest BCUT2D eigenvalue weighted by Crippen LogP contribution is -2.35. The average molecular weight is 335 g/mol. The maximum atomic E-state index is 12.5. The molecular formula is C12H21N3O4S2. The van der Waals surface area contributed by atoms with E-state index in [1.165, 1.54) is 18.4 Å². The van der Waals surface area contributed by atoms with Gasteiger partial charge in [0.25, 0.3) is 10.0 Å². The minimum Gasteiger partial charge on any atom is -0.374 e. The standard InChI is InChI=1S/C12H21N3O4S2/c1-8(2)6-9(3)14(5)21(18,19)11-7-10(15(16)17)12(13-4)20-11/h7-9,13H,6H2,1-5H3. The molecule has 1 heterocycles. The number of nitrogens with one attached hydrogen (secondary N) is 1. The van der Waals surface area contributed by atoms with Crippen molar-refractivity contribution in [2.45, 2.75) is 37.4 Å². The number of hydrogen-bond acceptors (Lipinski definition) is 6. The quantitative estimate of drug-likeness (QED) is 0.611. The zero-order valence-corrected chi connectivity index (χ0v) is 14.4. The predicted octanol–water partition coefficient (Wildman–Crippen LogP) is 2.75. The molecule has 1 unspecified atom stereocenters. The van der Waals surface area contributed by atoms with Gasteiger partial charge in [-0.3, -0.25) is 10.1 Å². The summed E-state index contributed by atoms with van der Waals surface area (Å²) in [5.41, 5.74) is -0.217. The third-order valence-corrected chi connectivity index (χ3v) is 6.74. The first-order valence-electron chi connectivity index (χ1n) is 6.55. The SMILES string of the molecule is CNc1sc(S(=O)(=O)N(C)C(C)CC(C)C)cc1[N+](=O)[O-]. The summed E-state index contributed by atoms with van der Waals surface area (Å²) in [5, 5.41) is 13.8. The lowest BCUT2D eigenvalue weighted by Gasteiger charge is -2.24. The highest BCUT2D eigenvalue weighted by atomic mass is 32.2. The molecule has 1 N–H and O–H groups in total. The van der Waals surface area contributed by atoms with Gasteiger partial charge in [-0.1, -0.05) is 25.2 Å². The van der Waals surface area contributed by atoms with Crippen LogP contribution in [-0.2, 0) is 10.0 Å². The largest absolute Gasteiger partial charge is 0.374 e. The summed E-state index contributed by atoms with van der Waals surface area (Å²) < 4.78 is 26.4. The van der Waals surface area contributed by atoms with Gasteiger partial charge in [-0.2, -0.15) is 4.31 Å². The fourth-order valence-corrected chi connectivity index (χ4v) is 4.85. The molecule has 0 saturated carbocycles. The molecule has 0 radical (unpaired) electrons. The second-order valence-electron chi connectivity index (χ2n) is 5.29. The molecule has 1 aromatic rings. The number of hydrogen-bond donors (Lipinski definition) is 1. The number of thiophene rings is 1. The Bertz CT molecular complexity index is 610. The maximum Gasteiger partial charge on any atom is 0.304 e.